The van der Waals surface area contributed by atoms with Gasteiger partial charge in [0, 0.05) is 5.69 Å². The van der Waals surface area contributed by atoms with Crippen molar-refractivity contribution in [3.05, 3.63) is 71.1 Å². The van der Waals surface area contributed by atoms with E-state index in [0.717, 1.165) is 24.6 Å². The molecule has 1 fully saturated rings. The molecule has 0 bridgehead atoms. The number of nitrogens with zero attached hydrogens (tertiary/aromatic N) is 6. The van der Waals surface area contributed by atoms with Crippen LogP contribution in [0.3, 0.4) is 0 Å². The van der Waals surface area contributed by atoms with Crippen molar-refractivity contribution in [2.45, 2.75) is 43.1 Å². The van der Waals surface area contributed by atoms with Crippen LogP contribution in [0.5, 0.6) is 0 Å². The molecule has 176 valence electrons. The van der Waals surface area contributed by atoms with E-state index in [-0.39, 0.29) is 11.9 Å². The van der Waals surface area contributed by atoms with Gasteiger partial charge in [0.1, 0.15) is 5.82 Å². The van der Waals surface area contributed by atoms with Crippen molar-refractivity contribution < 1.29 is 8.81 Å². The lowest BCUT2D eigenvalue weighted by Gasteiger charge is -2.31. The van der Waals surface area contributed by atoms with E-state index in [1.54, 1.807) is 18.2 Å². The van der Waals surface area contributed by atoms with Gasteiger partial charge in [-0.05, 0) is 69.3 Å². The monoisotopic (exact) mass is 498 g/mol. The van der Waals surface area contributed by atoms with E-state index in [1.807, 2.05) is 22.8 Å². The number of hydrogen-bond acceptors (Lipinski definition) is 7. The Morgan fingerprint density at radius 1 is 1.00 bits per heavy atom. The Balaban J connectivity index is 1.41. The van der Waals surface area contributed by atoms with Gasteiger partial charge in [0.15, 0.2) is 11.0 Å². The number of piperidine rings is 1. The summed E-state index contributed by atoms with van der Waals surface area (Å²) < 4.78 is 21.5. The molecule has 0 amide bonds. The number of likely N-dealkylation sites (tertiary alicyclic amines) is 1. The fourth-order valence-corrected chi connectivity index (χ4v) is 5.14. The molecule has 0 N–H and O–H groups in total. The summed E-state index contributed by atoms with van der Waals surface area (Å²) in [7, 11) is 0. The zero-order valence-electron chi connectivity index (χ0n) is 18.7. The van der Waals surface area contributed by atoms with E-state index in [0.29, 0.717) is 33.3 Å². The lowest BCUT2D eigenvalue weighted by Crippen LogP contribution is -2.33. The maximum absolute atomic E-state index is 13.6. The van der Waals surface area contributed by atoms with Gasteiger partial charge < -0.3 is 4.42 Å². The second kappa shape index (κ2) is 10.2. The highest BCUT2D eigenvalue weighted by molar-refractivity contribution is 7.98. The molecule has 0 saturated carbocycles. The van der Waals surface area contributed by atoms with E-state index < -0.39 is 0 Å². The predicted octanol–water partition coefficient (Wildman–Crippen LogP) is 5.95. The van der Waals surface area contributed by atoms with Crippen molar-refractivity contribution in [3.63, 3.8) is 0 Å². The number of aromatic nitrogens is 5. The highest BCUT2D eigenvalue weighted by atomic mass is 35.5. The van der Waals surface area contributed by atoms with Crippen molar-refractivity contribution >= 4 is 23.4 Å². The molecule has 0 radical (unpaired) electrons. The first kappa shape index (κ1) is 23.0. The molecule has 2 aromatic carbocycles. The highest BCUT2D eigenvalue weighted by Gasteiger charge is 2.26. The van der Waals surface area contributed by atoms with Crippen molar-refractivity contribution in [1.82, 2.24) is 29.9 Å². The van der Waals surface area contributed by atoms with Crippen LogP contribution in [0.25, 0.3) is 17.1 Å². The molecule has 10 heteroatoms. The normalized spacial score (nSPS) is 15.5. The molecule has 1 aliphatic heterocycles. The third kappa shape index (κ3) is 4.87. The van der Waals surface area contributed by atoms with E-state index in [1.165, 1.54) is 43.2 Å². The van der Waals surface area contributed by atoms with Gasteiger partial charge in [-0.3, -0.25) is 9.47 Å². The van der Waals surface area contributed by atoms with Crippen LogP contribution in [0, 0.1) is 5.82 Å². The van der Waals surface area contributed by atoms with Crippen LogP contribution < -0.4 is 0 Å². The first-order valence-electron chi connectivity index (χ1n) is 11.3. The standard InChI is InChI=1S/C24H24ClFN6OS/c1-16(31-13-5-2-6-14-31)22-28-30-24(32(22)18-11-9-17(26)10-12-18)34-15-21-27-29-23(33-21)19-7-3-4-8-20(19)25/h3-4,7-12,16H,2,5-6,13-15H2,1H3/t16-/m0/s1. The first-order chi connectivity index (χ1) is 16.6. The first-order valence-corrected chi connectivity index (χ1v) is 12.6. The van der Waals surface area contributed by atoms with E-state index >= 15 is 0 Å². The fraction of sp³-hybridized carbons (Fsp3) is 0.333. The predicted molar refractivity (Wildman–Crippen MR) is 129 cm³/mol. The number of halogens is 2. The summed E-state index contributed by atoms with van der Waals surface area (Å²) in [5.41, 5.74) is 1.51. The van der Waals surface area contributed by atoms with Gasteiger partial charge in [-0.25, -0.2) is 4.39 Å². The maximum Gasteiger partial charge on any atom is 0.249 e. The van der Waals surface area contributed by atoms with Crippen LogP contribution in [0.4, 0.5) is 4.39 Å². The van der Waals surface area contributed by atoms with Gasteiger partial charge in [-0.15, -0.1) is 20.4 Å². The molecular formula is C24H24ClFN6OS. The molecule has 2 aromatic heterocycles. The Hall–Kier alpha value is -2.75. The lowest BCUT2D eigenvalue weighted by molar-refractivity contribution is 0.167. The lowest BCUT2D eigenvalue weighted by atomic mass is 10.1. The molecule has 1 atom stereocenters. The molecule has 1 saturated heterocycles. The number of hydrogen-bond donors (Lipinski definition) is 0. The summed E-state index contributed by atoms with van der Waals surface area (Å²) in [5, 5.41) is 18.6. The van der Waals surface area contributed by atoms with Crippen LogP contribution >= 0.6 is 23.4 Å². The molecule has 5 rings (SSSR count). The minimum absolute atomic E-state index is 0.0856. The Labute approximate surface area is 206 Å². The van der Waals surface area contributed by atoms with Crippen LogP contribution in [-0.4, -0.2) is 43.0 Å². The summed E-state index contributed by atoms with van der Waals surface area (Å²) in [6, 6.07) is 13.8. The number of rotatable bonds is 7. The van der Waals surface area contributed by atoms with Gasteiger partial charge in [0.05, 0.1) is 22.4 Å². The van der Waals surface area contributed by atoms with Crippen LogP contribution in [0.1, 0.15) is 43.9 Å². The molecule has 3 heterocycles. The van der Waals surface area contributed by atoms with E-state index in [4.69, 9.17) is 16.0 Å². The summed E-state index contributed by atoms with van der Waals surface area (Å²) >= 11 is 7.70. The largest absolute Gasteiger partial charge is 0.420 e. The van der Waals surface area contributed by atoms with Crippen molar-refractivity contribution in [2.24, 2.45) is 0 Å². The van der Waals surface area contributed by atoms with Gasteiger partial charge in [0.25, 0.3) is 0 Å². The fourth-order valence-electron chi connectivity index (χ4n) is 4.13. The average molecular weight is 499 g/mol. The molecule has 1 aliphatic rings. The SMILES string of the molecule is C[C@@H](c1nnc(SCc2nnc(-c3ccccc3Cl)o2)n1-c1ccc(F)cc1)N1CCCCC1. The second-order valence-electron chi connectivity index (χ2n) is 8.19. The Morgan fingerprint density at radius 2 is 1.76 bits per heavy atom. The second-order valence-corrected chi connectivity index (χ2v) is 9.54. The summed E-state index contributed by atoms with van der Waals surface area (Å²) in [5.74, 6) is 1.79. The molecule has 0 unspecified atom stereocenters. The zero-order chi connectivity index (χ0) is 23.5. The van der Waals surface area contributed by atoms with Gasteiger partial charge in [-0.1, -0.05) is 41.9 Å². The molecule has 34 heavy (non-hydrogen) atoms. The molecule has 7 nitrogen and oxygen atoms in total. The van der Waals surface area contributed by atoms with Crippen molar-refractivity contribution in [1.29, 1.82) is 0 Å². The third-order valence-electron chi connectivity index (χ3n) is 5.95. The van der Waals surface area contributed by atoms with E-state index in [2.05, 4.69) is 32.2 Å². The highest BCUT2D eigenvalue weighted by Crippen LogP contribution is 2.32. The topological polar surface area (TPSA) is 72.9 Å². The molecule has 0 aliphatic carbocycles. The smallest absolute Gasteiger partial charge is 0.249 e. The van der Waals surface area contributed by atoms with Gasteiger partial charge in [-0.2, -0.15) is 0 Å². The third-order valence-corrected chi connectivity index (χ3v) is 7.19. The Morgan fingerprint density at radius 3 is 2.53 bits per heavy atom. The molecule has 0 spiro atoms. The van der Waals surface area contributed by atoms with Crippen molar-refractivity contribution in [3.8, 4) is 17.1 Å². The van der Waals surface area contributed by atoms with Gasteiger partial charge in [0.2, 0.25) is 11.8 Å². The van der Waals surface area contributed by atoms with Crippen LogP contribution in [-0.2, 0) is 5.75 Å². The quantitative estimate of drug-likeness (QED) is 0.291. The summed E-state index contributed by atoms with van der Waals surface area (Å²) in [6.07, 6.45) is 3.62. The Bertz CT molecular complexity index is 1250. The van der Waals surface area contributed by atoms with E-state index in [9.17, 15) is 4.39 Å². The van der Waals surface area contributed by atoms with Crippen LogP contribution in [0.15, 0.2) is 58.1 Å². The Kier molecular flexibility index (Phi) is 6.94. The summed E-state index contributed by atoms with van der Waals surface area (Å²) in [4.78, 5) is 2.43. The van der Waals surface area contributed by atoms with Crippen molar-refractivity contribution in [2.75, 3.05) is 13.1 Å². The molecular weight excluding hydrogens is 475 g/mol. The van der Waals surface area contributed by atoms with Crippen LogP contribution in [0.2, 0.25) is 5.02 Å². The number of thioether (sulfide) groups is 1. The zero-order valence-corrected chi connectivity index (χ0v) is 20.3. The summed E-state index contributed by atoms with van der Waals surface area (Å²) in [6.45, 7) is 4.22. The minimum atomic E-state index is -0.283. The minimum Gasteiger partial charge on any atom is -0.420 e. The maximum atomic E-state index is 13.6. The van der Waals surface area contributed by atoms with Gasteiger partial charge >= 0.3 is 0 Å². The molecule has 4 aromatic rings. The number of benzene rings is 2. The average Bonchev–Trinajstić information content (AvgIpc) is 3.51.